The zero-order valence-corrected chi connectivity index (χ0v) is 19.1. The molecule has 8 heteroatoms. The summed E-state index contributed by atoms with van der Waals surface area (Å²) in [4.78, 5) is 39.3. The van der Waals surface area contributed by atoms with Gasteiger partial charge in [-0.3, -0.25) is 14.4 Å². The van der Waals surface area contributed by atoms with Crippen molar-refractivity contribution < 1.29 is 19.1 Å². The highest BCUT2D eigenvalue weighted by atomic mass is 35.5. The lowest BCUT2D eigenvalue weighted by molar-refractivity contribution is -0.131. The Kier molecular flexibility index (Phi) is 6.46. The summed E-state index contributed by atoms with van der Waals surface area (Å²) in [6.07, 6.45) is 3.08. The average molecular weight is 461 g/mol. The molecule has 1 fully saturated rings. The first-order valence-electron chi connectivity index (χ1n) is 10.5. The van der Waals surface area contributed by atoms with E-state index in [2.05, 4.69) is 10.6 Å². The number of Topliss-reactive ketones (excluding diaryl/α,β-unsaturated/α-hetero) is 1. The van der Waals surface area contributed by atoms with E-state index in [0.29, 0.717) is 34.3 Å². The number of carbonyl (C=O) groups is 3. The number of carbonyl (C=O) groups excluding carboxylic acids is 3. The maximum Gasteiger partial charge on any atom is 0.259 e. The molecule has 2 N–H and O–H groups in total. The Morgan fingerprint density at radius 3 is 2.42 bits per heavy atom. The number of hydrogen-bond donors (Lipinski definition) is 2. The van der Waals surface area contributed by atoms with E-state index in [1.54, 1.807) is 31.2 Å². The van der Waals surface area contributed by atoms with Gasteiger partial charge in [0, 0.05) is 33.0 Å². The second kappa shape index (κ2) is 9.10. The maximum absolute atomic E-state index is 13.2. The molecule has 2 heterocycles. The molecular weight excluding hydrogens is 436 g/mol. The summed E-state index contributed by atoms with van der Waals surface area (Å²) < 4.78 is 5.70. The van der Waals surface area contributed by atoms with Crippen molar-refractivity contribution in [2.24, 2.45) is 11.8 Å². The van der Waals surface area contributed by atoms with Crippen LogP contribution >= 0.6 is 22.9 Å². The lowest BCUT2D eigenvalue weighted by Gasteiger charge is -2.28. The van der Waals surface area contributed by atoms with Gasteiger partial charge in [0.15, 0.2) is 0 Å². The molecule has 0 saturated heterocycles. The van der Waals surface area contributed by atoms with E-state index < -0.39 is 0 Å². The van der Waals surface area contributed by atoms with E-state index >= 15 is 0 Å². The fourth-order valence-corrected chi connectivity index (χ4v) is 5.82. The number of anilines is 2. The lowest BCUT2D eigenvalue weighted by atomic mass is 9.77. The summed E-state index contributed by atoms with van der Waals surface area (Å²) in [7, 11) is 0. The minimum atomic E-state index is -0.357. The van der Waals surface area contributed by atoms with Crippen LogP contribution in [0.4, 0.5) is 10.7 Å². The van der Waals surface area contributed by atoms with E-state index in [0.717, 1.165) is 29.7 Å². The van der Waals surface area contributed by atoms with Crippen molar-refractivity contribution in [2.75, 3.05) is 10.6 Å². The summed E-state index contributed by atoms with van der Waals surface area (Å²) in [5.41, 5.74) is 1.86. The van der Waals surface area contributed by atoms with Crippen molar-refractivity contribution in [1.29, 1.82) is 0 Å². The molecular formula is C23H25ClN2O4S. The number of halogens is 1. The third kappa shape index (κ3) is 4.54. The highest BCUT2D eigenvalue weighted by molar-refractivity contribution is 7.17. The topological polar surface area (TPSA) is 84.5 Å². The number of thiophene rings is 1. The fraction of sp³-hybridized carbons (Fsp3) is 0.435. The monoisotopic (exact) mass is 460 g/mol. The van der Waals surface area contributed by atoms with Gasteiger partial charge in [0.25, 0.3) is 5.91 Å². The number of hydrogen-bond acceptors (Lipinski definition) is 5. The van der Waals surface area contributed by atoms with Crippen LogP contribution in [-0.4, -0.2) is 17.6 Å². The van der Waals surface area contributed by atoms with Crippen molar-refractivity contribution in [2.45, 2.75) is 52.2 Å². The van der Waals surface area contributed by atoms with E-state index in [1.165, 1.54) is 11.3 Å². The lowest BCUT2D eigenvalue weighted by Crippen LogP contribution is -2.35. The summed E-state index contributed by atoms with van der Waals surface area (Å²) in [6, 6.07) is 6.86. The van der Waals surface area contributed by atoms with Gasteiger partial charge in [-0.15, -0.1) is 11.3 Å². The molecule has 1 aromatic heterocycles. The fourth-order valence-electron chi connectivity index (χ4n) is 4.49. The quantitative estimate of drug-likeness (QED) is 0.610. The van der Waals surface area contributed by atoms with Crippen LogP contribution in [-0.2, 0) is 20.9 Å². The standard InChI is InChI=1S/C23H25ClN2O4S/c1-12(27)16-5-3-4-6-17(16)21(28)26-23-20(19-13(2)30-11-18(19)31-23)22(29)25-15-9-7-14(24)8-10-15/h7-10,13,16-17H,3-6,11H2,1-2H3,(H,25,29)(H,26,28). The Morgan fingerprint density at radius 1 is 1.06 bits per heavy atom. The van der Waals surface area contributed by atoms with Crippen LogP contribution in [0, 0.1) is 11.8 Å². The molecule has 1 aliphatic heterocycles. The minimum Gasteiger partial charge on any atom is -0.368 e. The maximum atomic E-state index is 13.2. The Bertz CT molecular complexity index is 1020. The van der Waals surface area contributed by atoms with E-state index in [4.69, 9.17) is 16.3 Å². The number of rotatable bonds is 5. The zero-order valence-electron chi connectivity index (χ0n) is 17.5. The number of ketones is 1. The van der Waals surface area contributed by atoms with Crippen LogP contribution < -0.4 is 10.6 Å². The highest BCUT2D eigenvalue weighted by Gasteiger charge is 2.36. The Balaban J connectivity index is 1.61. The smallest absolute Gasteiger partial charge is 0.259 e. The second-order valence-electron chi connectivity index (χ2n) is 8.15. The Labute approximate surface area is 190 Å². The van der Waals surface area contributed by atoms with E-state index in [9.17, 15) is 14.4 Å². The number of nitrogens with one attached hydrogen (secondary N) is 2. The number of fused-ring (bicyclic) bond motifs is 1. The largest absolute Gasteiger partial charge is 0.368 e. The third-order valence-electron chi connectivity index (χ3n) is 6.08. The van der Waals surface area contributed by atoms with Gasteiger partial charge in [0.2, 0.25) is 5.91 Å². The predicted octanol–water partition coefficient (Wildman–Crippen LogP) is 5.58. The Morgan fingerprint density at radius 2 is 1.74 bits per heavy atom. The van der Waals surface area contributed by atoms with Crippen LogP contribution in [0.15, 0.2) is 24.3 Å². The van der Waals surface area contributed by atoms with Gasteiger partial charge < -0.3 is 15.4 Å². The number of benzene rings is 1. The SMILES string of the molecule is CC(=O)C1CCCCC1C(=O)Nc1sc2c(c1C(=O)Nc1ccc(Cl)cc1)C(C)OC2. The molecule has 164 valence electrons. The van der Waals surface area contributed by atoms with E-state index in [1.807, 2.05) is 6.92 Å². The van der Waals surface area contributed by atoms with Gasteiger partial charge in [-0.2, -0.15) is 0 Å². The summed E-state index contributed by atoms with van der Waals surface area (Å²) in [5, 5.41) is 6.97. The van der Waals surface area contributed by atoms with Gasteiger partial charge in [-0.05, 0) is 51.0 Å². The molecule has 3 unspecified atom stereocenters. The summed E-state index contributed by atoms with van der Waals surface area (Å²) in [6.45, 7) is 3.87. The molecule has 4 rings (SSSR count). The van der Waals surface area contributed by atoms with E-state index in [-0.39, 0.29) is 35.5 Å². The molecule has 0 bridgehead atoms. The molecule has 1 saturated carbocycles. The first kappa shape index (κ1) is 22.0. The van der Waals surface area contributed by atoms with Crippen molar-refractivity contribution >= 4 is 51.2 Å². The molecule has 3 atom stereocenters. The molecule has 2 aliphatic rings. The number of amides is 2. The van der Waals surface area contributed by atoms with Crippen LogP contribution in [0.25, 0.3) is 0 Å². The van der Waals surface area contributed by atoms with Crippen LogP contribution in [0.5, 0.6) is 0 Å². The highest BCUT2D eigenvalue weighted by Crippen LogP contribution is 2.44. The second-order valence-corrected chi connectivity index (χ2v) is 9.70. The molecule has 6 nitrogen and oxygen atoms in total. The van der Waals surface area contributed by atoms with Gasteiger partial charge in [0.1, 0.15) is 10.8 Å². The molecule has 31 heavy (non-hydrogen) atoms. The first-order chi connectivity index (χ1) is 14.8. The average Bonchev–Trinajstić information content (AvgIpc) is 3.28. The molecule has 1 aliphatic carbocycles. The Hall–Kier alpha value is -2.22. The van der Waals surface area contributed by atoms with Crippen LogP contribution in [0.2, 0.25) is 5.02 Å². The minimum absolute atomic E-state index is 0.0521. The normalized spacial score (nSPS) is 22.6. The molecule has 1 aromatic carbocycles. The zero-order chi connectivity index (χ0) is 22.1. The van der Waals surface area contributed by atoms with Crippen molar-refractivity contribution in [3.8, 4) is 0 Å². The van der Waals surface area contributed by atoms with Gasteiger partial charge in [-0.1, -0.05) is 24.4 Å². The third-order valence-corrected chi connectivity index (χ3v) is 7.43. The summed E-state index contributed by atoms with van der Waals surface area (Å²) in [5.74, 6) is -1.05. The first-order valence-corrected chi connectivity index (χ1v) is 11.7. The van der Waals surface area contributed by atoms with Crippen LogP contribution in [0.1, 0.15) is 66.4 Å². The van der Waals surface area contributed by atoms with Gasteiger partial charge >= 0.3 is 0 Å². The van der Waals surface area contributed by atoms with Crippen molar-refractivity contribution in [3.05, 3.63) is 45.3 Å². The summed E-state index contributed by atoms with van der Waals surface area (Å²) >= 11 is 7.31. The van der Waals surface area contributed by atoms with Crippen molar-refractivity contribution in [1.82, 2.24) is 0 Å². The van der Waals surface area contributed by atoms with Gasteiger partial charge in [-0.25, -0.2) is 0 Å². The molecule has 2 aromatic rings. The predicted molar refractivity (Wildman–Crippen MR) is 122 cm³/mol. The number of ether oxygens (including phenoxy) is 1. The molecule has 0 radical (unpaired) electrons. The van der Waals surface area contributed by atoms with Crippen LogP contribution in [0.3, 0.4) is 0 Å². The molecule has 2 amide bonds. The van der Waals surface area contributed by atoms with Crippen molar-refractivity contribution in [3.63, 3.8) is 0 Å². The molecule has 0 spiro atoms. The van der Waals surface area contributed by atoms with Gasteiger partial charge in [0.05, 0.1) is 18.3 Å².